The number of nitro benzene ring substituents is 1. The molecule has 3 rings (SSSR count). The summed E-state index contributed by atoms with van der Waals surface area (Å²) >= 11 is 0. The number of ether oxygens (including phenoxy) is 1. The molecule has 8 nitrogen and oxygen atoms in total. The highest BCUT2D eigenvalue weighted by Gasteiger charge is 2.26. The number of aliphatic carboxylic acids is 1. The van der Waals surface area contributed by atoms with Crippen LogP contribution in [0, 0.1) is 17.0 Å². The molecule has 1 aliphatic rings. The number of nitrogens with zero attached hydrogens (tertiary/aromatic N) is 1. The molecule has 0 bridgehead atoms. The summed E-state index contributed by atoms with van der Waals surface area (Å²) in [4.78, 5) is 34.9. The number of carbonyl (C=O) groups excluding carboxylic acids is 1. The van der Waals surface area contributed by atoms with E-state index >= 15 is 0 Å². The number of carboxylic acid groups (broad SMARTS) is 1. The Bertz CT molecular complexity index is 935. The molecule has 0 spiro atoms. The summed E-state index contributed by atoms with van der Waals surface area (Å²) < 4.78 is 5.92. The molecule has 8 heteroatoms. The summed E-state index contributed by atoms with van der Waals surface area (Å²) in [6, 6.07) is 10.6. The van der Waals surface area contributed by atoms with E-state index in [1.165, 1.54) is 6.07 Å². The number of benzene rings is 2. The second-order valence-electron chi connectivity index (χ2n) is 7.45. The minimum Gasteiger partial charge on any atom is -0.490 e. The van der Waals surface area contributed by atoms with E-state index in [-0.39, 0.29) is 23.8 Å². The van der Waals surface area contributed by atoms with Crippen LogP contribution in [0.25, 0.3) is 0 Å². The van der Waals surface area contributed by atoms with Crippen molar-refractivity contribution in [3.8, 4) is 5.75 Å². The molecular weight excluding hydrogens is 388 g/mol. The van der Waals surface area contributed by atoms with Crippen LogP contribution in [0.4, 0.5) is 5.69 Å². The molecular formula is C22H24N2O6. The molecule has 0 saturated heterocycles. The molecule has 2 aromatic rings. The molecule has 2 aromatic carbocycles. The number of carboxylic acids is 1. The van der Waals surface area contributed by atoms with Gasteiger partial charge in [-0.05, 0) is 56.4 Å². The Labute approximate surface area is 174 Å². The highest BCUT2D eigenvalue weighted by molar-refractivity contribution is 5.99. The molecule has 1 amide bonds. The van der Waals surface area contributed by atoms with Crippen molar-refractivity contribution in [1.82, 2.24) is 5.32 Å². The molecule has 1 atom stereocenters. The van der Waals surface area contributed by atoms with Gasteiger partial charge in [-0.3, -0.25) is 19.7 Å². The van der Waals surface area contributed by atoms with Gasteiger partial charge in [-0.1, -0.05) is 24.3 Å². The second kappa shape index (κ2) is 9.39. The van der Waals surface area contributed by atoms with Gasteiger partial charge in [0.05, 0.1) is 23.5 Å². The summed E-state index contributed by atoms with van der Waals surface area (Å²) in [5.41, 5.74) is 0.552. The van der Waals surface area contributed by atoms with Crippen LogP contribution in [-0.4, -0.2) is 28.0 Å². The summed E-state index contributed by atoms with van der Waals surface area (Å²) in [6.07, 6.45) is 4.20. The number of nitrogens with one attached hydrogen (secondary N) is 1. The number of hydrogen-bond acceptors (Lipinski definition) is 5. The van der Waals surface area contributed by atoms with Gasteiger partial charge in [0.15, 0.2) is 0 Å². The van der Waals surface area contributed by atoms with E-state index in [9.17, 15) is 24.8 Å². The van der Waals surface area contributed by atoms with Gasteiger partial charge < -0.3 is 15.2 Å². The first-order valence-electron chi connectivity index (χ1n) is 9.88. The fourth-order valence-corrected chi connectivity index (χ4v) is 3.72. The van der Waals surface area contributed by atoms with Crippen LogP contribution in [0.3, 0.4) is 0 Å². The fourth-order valence-electron chi connectivity index (χ4n) is 3.72. The summed E-state index contributed by atoms with van der Waals surface area (Å²) in [5, 5.41) is 23.3. The highest BCUT2D eigenvalue weighted by Crippen LogP contribution is 2.27. The minimum atomic E-state index is -1.09. The molecule has 30 heavy (non-hydrogen) atoms. The third kappa shape index (κ3) is 5.14. The number of para-hydroxylation sites is 1. The maximum absolute atomic E-state index is 12.8. The van der Waals surface area contributed by atoms with Gasteiger partial charge in [0.25, 0.3) is 11.6 Å². The lowest BCUT2D eigenvalue weighted by atomic mass is 10.0. The van der Waals surface area contributed by atoms with Gasteiger partial charge in [0.2, 0.25) is 0 Å². The quantitative estimate of drug-likeness (QED) is 0.496. The Morgan fingerprint density at radius 3 is 2.47 bits per heavy atom. The summed E-state index contributed by atoms with van der Waals surface area (Å²) in [7, 11) is 0. The van der Waals surface area contributed by atoms with Crippen LogP contribution in [0.1, 0.15) is 59.6 Å². The lowest BCUT2D eigenvalue weighted by Gasteiger charge is -2.19. The summed E-state index contributed by atoms with van der Waals surface area (Å²) in [5.74, 6) is -1.09. The van der Waals surface area contributed by atoms with Crippen molar-refractivity contribution in [2.45, 2.75) is 51.2 Å². The molecule has 0 heterocycles. The zero-order valence-corrected chi connectivity index (χ0v) is 16.7. The maximum atomic E-state index is 12.8. The molecule has 0 radical (unpaired) electrons. The number of aryl methyl sites for hydroxylation is 1. The van der Waals surface area contributed by atoms with Crippen LogP contribution in [0.15, 0.2) is 42.5 Å². The molecule has 2 N–H and O–H groups in total. The molecule has 0 aliphatic heterocycles. The van der Waals surface area contributed by atoms with Crippen LogP contribution >= 0.6 is 0 Å². The van der Waals surface area contributed by atoms with Crippen molar-refractivity contribution in [2.75, 3.05) is 0 Å². The molecule has 0 unspecified atom stereocenters. The average Bonchev–Trinajstić information content (AvgIpc) is 3.20. The predicted octanol–water partition coefficient (Wildman–Crippen LogP) is 4.17. The first-order chi connectivity index (χ1) is 14.3. The first kappa shape index (κ1) is 21.3. The third-order valence-corrected chi connectivity index (χ3v) is 5.24. The van der Waals surface area contributed by atoms with E-state index in [1.807, 2.05) is 0 Å². The average molecular weight is 412 g/mol. The van der Waals surface area contributed by atoms with E-state index in [1.54, 1.807) is 43.3 Å². The summed E-state index contributed by atoms with van der Waals surface area (Å²) in [6.45, 7) is 1.55. The van der Waals surface area contributed by atoms with Crippen LogP contribution in [0.2, 0.25) is 0 Å². The van der Waals surface area contributed by atoms with E-state index in [4.69, 9.17) is 4.74 Å². The van der Waals surface area contributed by atoms with Crippen molar-refractivity contribution in [2.24, 2.45) is 0 Å². The number of nitro groups is 1. The minimum absolute atomic E-state index is 0.100. The molecule has 158 valence electrons. The number of amides is 1. The molecule has 0 aromatic heterocycles. The van der Waals surface area contributed by atoms with Crippen LogP contribution in [0.5, 0.6) is 5.75 Å². The van der Waals surface area contributed by atoms with E-state index < -0.39 is 22.8 Å². The Morgan fingerprint density at radius 1 is 1.20 bits per heavy atom. The third-order valence-electron chi connectivity index (χ3n) is 5.24. The van der Waals surface area contributed by atoms with Gasteiger partial charge in [0, 0.05) is 5.56 Å². The lowest BCUT2D eigenvalue weighted by molar-refractivity contribution is -0.385. The fraction of sp³-hybridized carbons (Fsp3) is 0.364. The number of rotatable bonds is 8. The van der Waals surface area contributed by atoms with Crippen LogP contribution < -0.4 is 10.1 Å². The Morgan fingerprint density at radius 2 is 1.87 bits per heavy atom. The van der Waals surface area contributed by atoms with E-state index in [0.717, 1.165) is 25.7 Å². The maximum Gasteiger partial charge on any atom is 0.305 e. The van der Waals surface area contributed by atoms with Crippen molar-refractivity contribution in [3.05, 3.63) is 69.3 Å². The molecule has 1 fully saturated rings. The van der Waals surface area contributed by atoms with Gasteiger partial charge >= 0.3 is 5.97 Å². The topological polar surface area (TPSA) is 119 Å². The Kier molecular flexibility index (Phi) is 6.66. The van der Waals surface area contributed by atoms with Gasteiger partial charge in [-0.2, -0.15) is 0 Å². The molecule has 1 saturated carbocycles. The standard InChI is InChI=1S/C22H24N2O6/c1-14-5-4-8-18(21(14)24(28)29)22(27)23-19(13-20(25)26)15-9-11-17(12-10-15)30-16-6-2-3-7-16/h4-5,8-12,16,19H,2-3,6-7,13H2,1H3,(H,23,27)(H,25,26)/t19-/m1/s1. The van der Waals surface area contributed by atoms with Gasteiger partial charge in [-0.15, -0.1) is 0 Å². The highest BCUT2D eigenvalue weighted by atomic mass is 16.6. The monoisotopic (exact) mass is 412 g/mol. The largest absolute Gasteiger partial charge is 0.490 e. The zero-order chi connectivity index (χ0) is 21.7. The van der Waals surface area contributed by atoms with E-state index in [0.29, 0.717) is 16.9 Å². The van der Waals surface area contributed by atoms with Gasteiger partial charge in [-0.25, -0.2) is 0 Å². The SMILES string of the molecule is Cc1cccc(C(=O)N[C@H](CC(=O)O)c2ccc(OC3CCCC3)cc2)c1[N+](=O)[O-]. The molecule has 1 aliphatic carbocycles. The zero-order valence-electron chi connectivity index (χ0n) is 16.7. The smallest absolute Gasteiger partial charge is 0.305 e. The number of carbonyl (C=O) groups is 2. The Balaban J connectivity index is 1.79. The number of hydrogen-bond donors (Lipinski definition) is 2. The lowest BCUT2D eigenvalue weighted by Crippen LogP contribution is -2.30. The van der Waals surface area contributed by atoms with Crippen molar-refractivity contribution in [3.63, 3.8) is 0 Å². The van der Waals surface area contributed by atoms with Crippen LogP contribution in [-0.2, 0) is 4.79 Å². The normalized spacial score (nSPS) is 14.8. The van der Waals surface area contributed by atoms with E-state index in [2.05, 4.69) is 5.32 Å². The van der Waals surface area contributed by atoms with Crippen molar-refractivity contribution in [1.29, 1.82) is 0 Å². The van der Waals surface area contributed by atoms with Crippen molar-refractivity contribution < 1.29 is 24.4 Å². The van der Waals surface area contributed by atoms with Crippen molar-refractivity contribution >= 4 is 17.6 Å². The first-order valence-corrected chi connectivity index (χ1v) is 9.88. The second-order valence-corrected chi connectivity index (χ2v) is 7.45. The predicted molar refractivity (Wildman–Crippen MR) is 110 cm³/mol. The Hall–Kier alpha value is -3.42. The van der Waals surface area contributed by atoms with Gasteiger partial charge in [0.1, 0.15) is 11.3 Å².